The summed E-state index contributed by atoms with van der Waals surface area (Å²) < 4.78 is 0. The van der Waals surface area contributed by atoms with Crippen molar-refractivity contribution < 1.29 is 14.4 Å². The summed E-state index contributed by atoms with van der Waals surface area (Å²) in [6.07, 6.45) is 9.28. The van der Waals surface area contributed by atoms with Crippen molar-refractivity contribution in [1.82, 2.24) is 30.4 Å². The Labute approximate surface area is 261 Å². The number of benzene rings is 1. The van der Waals surface area contributed by atoms with Crippen LogP contribution in [0, 0.1) is 11.8 Å². The van der Waals surface area contributed by atoms with E-state index in [4.69, 9.17) is 4.98 Å². The Balaban J connectivity index is 1.53. The Morgan fingerprint density at radius 3 is 2.50 bits per heavy atom. The number of hydrogen-bond donors (Lipinski definition) is 3. The number of unbranched alkanes of at least 4 members (excludes halogenated alkanes) is 1. The first-order valence-electron chi connectivity index (χ1n) is 15.2. The van der Waals surface area contributed by atoms with E-state index < -0.39 is 6.04 Å². The van der Waals surface area contributed by atoms with Crippen LogP contribution in [0.25, 0.3) is 0 Å². The molecule has 3 amide bonds. The maximum absolute atomic E-state index is 12.5. The van der Waals surface area contributed by atoms with E-state index in [1.807, 2.05) is 38.2 Å². The Morgan fingerprint density at radius 1 is 1.11 bits per heavy atom. The van der Waals surface area contributed by atoms with Gasteiger partial charge in [-0.15, -0.1) is 0 Å². The maximum Gasteiger partial charge on any atom is 0.251 e. The van der Waals surface area contributed by atoms with Crippen LogP contribution in [0.1, 0.15) is 61.9 Å². The largest absolute Gasteiger partial charge is 0.358 e. The number of nitrogens with zero attached hydrogens (tertiary/aromatic N) is 5. The Bertz CT molecular complexity index is 1360. The van der Waals surface area contributed by atoms with Crippen LogP contribution in [0.5, 0.6) is 0 Å². The van der Waals surface area contributed by atoms with Gasteiger partial charge in [0, 0.05) is 63.5 Å². The van der Waals surface area contributed by atoms with E-state index in [2.05, 4.69) is 44.6 Å². The van der Waals surface area contributed by atoms with Crippen molar-refractivity contribution >= 4 is 35.2 Å². The van der Waals surface area contributed by atoms with E-state index in [1.54, 1.807) is 38.4 Å². The number of nitrogens with one attached hydrogen (secondary N) is 3. The molecule has 1 aromatic carbocycles. The average molecular weight is 603 g/mol. The Morgan fingerprint density at radius 2 is 1.84 bits per heavy atom. The highest BCUT2D eigenvalue weighted by Gasteiger charge is 2.24. The molecule has 0 spiro atoms. The van der Waals surface area contributed by atoms with Gasteiger partial charge in [-0.2, -0.15) is 4.98 Å². The zero-order valence-corrected chi connectivity index (χ0v) is 26.8. The van der Waals surface area contributed by atoms with Crippen LogP contribution in [0.15, 0.2) is 42.6 Å². The van der Waals surface area contributed by atoms with E-state index >= 15 is 0 Å². The molecule has 11 heteroatoms. The number of rotatable bonds is 15. The van der Waals surface area contributed by atoms with Crippen LogP contribution in [-0.2, 0) is 9.59 Å². The topological polar surface area (TPSA) is 123 Å². The molecule has 0 aliphatic heterocycles. The van der Waals surface area contributed by atoms with E-state index in [9.17, 15) is 14.4 Å². The minimum atomic E-state index is -0.580. The van der Waals surface area contributed by atoms with Gasteiger partial charge in [0.2, 0.25) is 17.8 Å². The van der Waals surface area contributed by atoms with Crippen LogP contribution in [0.3, 0.4) is 0 Å². The van der Waals surface area contributed by atoms with Gasteiger partial charge in [-0.1, -0.05) is 24.8 Å². The summed E-state index contributed by atoms with van der Waals surface area (Å²) in [5, 5.41) is 9.11. The Kier molecular flexibility index (Phi) is 13.2. The molecule has 2 aromatic rings. The fourth-order valence-corrected chi connectivity index (χ4v) is 4.13. The lowest BCUT2D eigenvalue weighted by atomic mass is 10.2. The Hall–Kier alpha value is -4.43. The van der Waals surface area contributed by atoms with Crippen molar-refractivity contribution in [3.63, 3.8) is 0 Å². The second-order valence-electron chi connectivity index (χ2n) is 11.3. The molecular formula is C33H46N8O3. The molecule has 44 heavy (non-hydrogen) atoms. The molecule has 0 unspecified atom stereocenters. The van der Waals surface area contributed by atoms with Crippen LogP contribution in [0.4, 0.5) is 17.5 Å². The predicted molar refractivity (Wildman–Crippen MR) is 175 cm³/mol. The number of amides is 3. The number of anilines is 3. The second kappa shape index (κ2) is 17.0. The van der Waals surface area contributed by atoms with Crippen molar-refractivity contribution in [3.8, 4) is 11.8 Å². The van der Waals surface area contributed by atoms with Gasteiger partial charge >= 0.3 is 0 Å². The lowest BCUT2D eigenvalue weighted by molar-refractivity contribution is -0.135. The highest BCUT2D eigenvalue weighted by atomic mass is 16.2. The van der Waals surface area contributed by atoms with Gasteiger partial charge in [0.25, 0.3) is 5.91 Å². The van der Waals surface area contributed by atoms with Gasteiger partial charge in [-0.3, -0.25) is 14.4 Å². The van der Waals surface area contributed by atoms with E-state index in [-0.39, 0.29) is 17.7 Å². The smallest absolute Gasteiger partial charge is 0.251 e. The van der Waals surface area contributed by atoms with E-state index in [0.717, 1.165) is 42.9 Å². The molecule has 236 valence electrons. The molecule has 1 saturated carbocycles. The van der Waals surface area contributed by atoms with Crippen molar-refractivity contribution in [3.05, 3.63) is 53.7 Å². The van der Waals surface area contributed by atoms with Gasteiger partial charge in [0.15, 0.2) is 0 Å². The molecule has 0 bridgehead atoms. The third-order valence-corrected chi connectivity index (χ3v) is 7.04. The molecule has 1 aromatic heterocycles. The number of hydrogen-bond acceptors (Lipinski definition) is 8. The fraction of sp³-hybridized carbons (Fsp3) is 0.485. The number of likely N-dealkylation sites (N-methyl/N-ethyl adjacent to an activating group) is 2. The van der Waals surface area contributed by atoms with Crippen LogP contribution < -0.4 is 20.9 Å². The summed E-state index contributed by atoms with van der Waals surface area (Å²) in [4.78, 5) is 51.7. The number of carbonyl (C=O) groups is 3. The van der Waals surface area contributed by atoms with Crippen molar-refractivity contribution in [2.45, 2.75) is 58.0 Å². The molecule has 3 rings (SSSR count). The zero-order valence-electron chi connectivity index (χ0n) is 26.8. The maximum atomic E-state index is 12.5. The van der Waals surface area contributed by atoms with Gasteiger partial charge in [0.05, 0.1) is 11.8 Å². The normalized spacial score (nSPS) is 13.2. The third-order valence-electron chi connectivity index (χ3n) is 7.04. The monoisotopic (exact) mass is 602 g/mol. The molecule has 1 aliphatic rings. The quantitative estimate of drug-likeness (QED) is 0.161. The highest BCUT2D eigenvalue weighted by Crippen LogP contribution is 2.22. The summed E-state index contributed by atoms with van der Waals surface area (Å²) in [6.45, 7) is 5.74. The summed E-state index contributed by atoms with van der Waals surface area (Å²) in [6, 6.07) is 6.99. The number of aromatic nitrogens is 2. The number of carbonyl (C=O) groups excluding carboxylic acids is 3. The first kappa shape index (κ1) is 34.1. The molecule has 11 nitrogen and oxygen atoms in total. The third kappa shape index (κ3) is 11.0. The average Bonchev–Trinajstić information content (AvgIpc) is 3.82. The SMILES string of the molecule is CCCN(C)c1nc(Nc2ccc(C(=O)NC3CC3)cc2)ncc1C#CCCCNC(=O)[C@H](C)N(C)C(=O)C=CCN(C)C. The summed E-state index contributed by atoms with van der Waals surface area (Å²) in [7, 11) is 7.45. The van der Waals surface area contributed by atoms with Crippen LogP contribution >= 0.6 is 0 Å². The predicted octanol–water partition coefficient (Wildman–Crippen LogP) is 3.17. The lowest BCUT2D eigenvalue weighted by Gasteiger charge is -2.23. The molecule has 1 heterocycles. The molecule has 0 radical (unpaired) electrons. The van der Waals surface area contributed by atoms with Gasteiger partial charge in [0.1, 0.15) is 11.9 Å². The molecule has 1 aliphatic carbocycles. The molecule has 1 fully saturated rings. The van der Waals surface area contributed by atoms with E-state index in [0.29, 0.717) is 43.5 Å². The molecule has 0 saturated heterocycles. The van der Waals surface area contributed by atoms with E-state index in [1.165, 1.54) is 11.0 Å². The molecule has 3 N–H and O–H groups in total. The highest BCUT2D eigenvalue weighted by molar-refractivity contribution is 5.95. The minimum absolute atomic E-state index is 0.0537. The van der Waals surface area contributed by atoms with Crippen molar-refractivity contribution in [2.75, 3.05) is 58.0 Å². The van der Waals surface area contributed by atoms with Gasteiger partial charge in [-0.05, 0) is 71.0 Å². The van der Waals surface area contributed by atoms with Gasteiger partial charge < -0.3 is 30.7 Å². The van der Waals surface area contributed by atoms with Crippen LogP contribution in [-0.4, -0.2) is 97.4 Å². The lowest BCUT2D eigenvalue weighted by Crippen LogP contribution is -2.45. The molecular weight excluding hydrogens is 556 g/mol. The first-order chi connectivity index (χ1) is 21.1. The standard InChI is InChI=1S/C33H46N8O3/c1-7-21-40(5)30-26(12-9-8-10-20-34-31(43)24(2)41(6)29(42)13-11-22-39(3)4)23-35-33(38-30)37-28-16-14-25(15-17-28)32(44)36-27-18-19-27/h11,13-17,23-24,27H,7-8,10,18-22H2,1-6H3,(H,34,43)(H,36,44)(H,35,37,38)/t24-/m0/s1. The summed E-state index contributed by atoms with van der Waals surface area (Å²) in [5.74, 6) is 7.07. The fourth-order valence-electron chi connectivity index (χ4n) is 4.13. The first-order valence-corrected chi connectivity index (χ1v) is 15.2. The van der Waals surface area contributed by atoms with Crippen molar-refractivity contribution in [2.24, 2.45) is 0 Å². The minimum Gasteiger partial charge on any atom is -0.358 e. The zero-order chi connectivity index (χ0) is 32.1. The van der Waals surface area contributed by atoms with Crippen molar-refractivity contribution in [1.29, 1.82) is 0 Å². The summed E-state index contributed by atoms with van der Waals surface area (Å²) >= 11 is 0. The molecule has 1 atom stereocenters. The van der Waals surface area contributed by atoms with Gasteiger partial charge in [-0.25, -0.2) is 4.98 Å². The summed E-state index contributed by atoms with van der Waals surface area (Å²) in [5.41, 5.74) is 2.12. The van der Waals surface area contributed by atoms with Crippen LogP contribution in [0.2, 0.25) is 0 Å². The second-order valence-corrected chi connectivity index (χ2v) is 11.3.